The number of hydrogen-bond donors (Lipinski definition) is 1. The van der Waals surface area contributed by atoms with E-state index < -0.39 is 0 Å². The highest BCUT2D eigenvalue weighted by Crippen LogP contribution is 2.30. The highest BCUT2D eigenvalue weighted by molar-refractivity contribution is 9.10. The zero-order valence-electron chi connectivity index (χ0n) is 10.5. The second kappa shape index (κ2) is 6.23. The van der Waals surface area contributed by atoms with E-state index in [-0.39, 0.29) is 11.8 Å². The molecule has 0 unspecified atom stereocenters. The minimum atomic E-state index is 0.117. The summed E-state index contributed by atoms with van der Waals surface area (Å²) < 4.78 is 6.19. The number of carbonyl (C=O) groups is 1. The molecule has 1 fully saturated rings. The third-order valence-corrected chi connectivity index (χ3v) is 3.89. The lowest BCUT2D eigenvalue weighted by atomic mass is 9.88. The van der Waals surface area contributed by atoms with E-state index in [1.54, 1.807) is 7.11 Å². The third-order valence-electron chi connectivity index (χ3n) is 3.40. The van der Waals surface area contributed by atoms with E-state index in [2.05, 4.69) is 21.2 Å². The van der Waals surface area contributed by atoms with E-state index >= 15 is 0 Å². The normalized spacial score (nSPS) is 16.3. The van der Waals surface area contributed by atoms with Crippen LogP contribution in [-0.2, 0) is 4.79 Å². The number of methoxy groups -OCH3 is 1. The van der Waals surface area contributed by atoms with E-state index in [0.717, 1.165) is 35.8 Å². The minimum Gasteiger partial charge on any atom is -0.495 e. The SMILES string of the molecule is COc1ccc(Br)cc1NC(=O)C1CCCCC1. The summed E-state index contributed by atoms with van der Waals surface area (Å²) in [6.45, 7) is 0. The first-order chi connectivity index (χ1) is 8.70. The summed E-state index contributed by atoms with van der Waals surface area (Å²) in [4.78, 5) is 12.2. The van der Waals surface area contributed by atoms with Gasteiger partial charge in [0.05, 0.1) is 12.8 Å². The summed E-state index contributed by atoms with van der Waals surface area (Å²) in [5, 5.41) is 2.98. The van der Waals surface area contributed by atoms with Crippen molar-refractivity contribution in [3.63, 3.8) is 0 Å². The first kappa shape index (κ1) is 13.4. The van der Waals surface area contributed by atoms with Crippen LogP contribution in [0.1, 0.15) is 32.1 Å². The monoisotopic (exact) mass is 311 g/mol. The fourth-order valence-corrected chi connectivity index (χ4v) is 2.74. The molecule has 98 valence electrons. The molecule has 0 aromatic heterocycles. The lowest BCUT2D eigenvalue weighted by Crippen LogP contribution is -2.24. The lowest BCUT2D eigenvalue weighted by Gasteiger charge is -2.21. The second-order valence-corrected chi connectivity index (χ2v) is 5.58. The average Bonchev–Trinajstić information content (AvgIpc) is 2.40. The van der Waals surface area contributed by atoms with Gasteiger partial charge >= 0.3 is 0 Å². The van der Waals surface area contributed by atoms with Crippen LogP contribution < -0.4 is 10.1 Å². The zero-order chi connectivity index (χ0) is 13.0. The van der Waals surface area contributed by atoms with Crippen molar-refractivity contribution in [1.82, 2.24) is 0 Å². The summed E-state index contributed by atoms with van der Waals surface area (Å²) in [5.74, 6) is 0.968. The molecular weight excluding hydrogens is 294 g/mol. The smallest absolute Gasteiger partial charge is 0.227 e. The van der Waals surface area contributed by atoms with Gasteiger partial charge in [0.25, 0.3) is 0 Å². The molecule has 0 aliphatic heterocycles. The van der Waals surface area contributed by atoms with Crippen molar-refractivity contribution in [3.05, 3.63) is 22.7 Å². The Morgan fingerprint density at radius 2 is 2.06 bits per heavy atom. The number of rotatable bonds is 3. The standard InChI is InChI=1S/C14H18BrNO2/c1-18-13-8-7-11(15)9-12(13)16-14(17)10-5-3-2-4-6-10/h7-10H,2-6H2,1H3,(H,16,17). The highest BCUT2D eigenvalue weighted by atomic mass is 79.9. The minimum absolute atomic E-state index is 0.117. The van der Waals surface area contributed by atoms with Crippen molar-refractivity contribution in [2.75, 3.05) is 12.4 Å². The molecule has 3 nitrogen and oxygen atoms in total. The Morgan fingerprint density at radius 3 is 2.72 bits per heavy atom. The number of anilines is 1. The maximum Gasteiger partial charge on any atom is 0.227 e. The Hall–Kier alpha value is -1.03. The molecule has 1 saturated carbocycles. The molecule has 1 N–H and O–H groups in total. The van der Waals surface area contributed by atoms with Gasteiger partial charge < -0.3 is 10.1 Å². The highest BCUT2D eigenvalue weighted by Gasteiger charge is 2.21. The fourth-order valence-electron chi connectivity index (χ4n) is 2.38. The number of halogens is 1. The Labute approximate surface area is 116 Å². The number of carbonyl (C=O) groups excluding carboxylic acids is 1. The van der Waals surface area contributed by atoms with Crippen molar-refractivity contribution in [1.29, 1.82) is 0 Å². The van der Waals surface area contributed by atoms with Crippen molar-refractivity contribution < 1.29 is 9.53 Å². The van der Waals surface area contributed by atoms with Crippen LogP contribution in [0.15, 0.2) is 22.7 Å². The van der Waals surface area contributed by atoms with E-state index in [1.807, 2.05) is 18.2 Å². The maximum absolute atomic E-state index is 12.2. The van der Waals surface area contributed by atoms with Gasteiger partial charge in [-0.1, -0.05) is 35.2 Å². The Kier molecular flexibility index (Phi) is 4.64. The molecule has 18 heavy (non-hydrogen) atoms. The van der Waals surface area contributed by atoms with Gasteiger partial charge in [-0.25, -0.2) is 0 Å². The molecule has 0 atom stereocenters. The number of benzene rings is 1. The summed E-state index contributed by atoms with van der Waals surface area (Å²) in [6.07, 6.45) is 5.58. The van der Waals surface area contributed by atoms with E-state index in [4.69, 9.17) is 4.74 Å². The number of nitrogens with one attached hydrogen (secondary N) is 1. The average molecular weight is 312 g/mol. The van der Waals surface area contributed by atoms with Crippen molar-refractivity contribution in [2.24, 2.45) is 5.92 Å². The van der Waals surface area contributed by atoms with Crippen LogP contribution in [-0.4, -0.2) is 13.0 Å². The Bertz CT molecular complexity index is 428. The predicted molar refractivity (Wildman–Crippen MR) is 75.9 cm³/mol. The predicted octanol–water partition coefficient (Wildman–Crippen LogP) is 3.98. The molecule has 1 aromatic carbocycles. The van der Waals surface area contributed by atoms with E-state index in [0.29, 0.717) is 5.75 Å². The van der Waals surface area contributed by atoms with Gasteiger partial charge in [-0.3, -0.25) is 4.79 Å². The molecule has 1 amide bonds. The molecule has 1 aliphatic carbocycles. The molecule has 0 radical (unpaired) electrons. The fraction of sp³-hybridized carbons (Fsp3) is 0.500. The molecule has 1 aliphatic rings. The van der Waals surface area contributed by atoms with Gasteiger partial charge in [-0.15, -0.1) is 0 Å². The Morgan fingerprint density at radius 1 is 1.33 bits per heavy atom. The largest absolute Gasteiger partial charge is 0.495 e. The molecular formula is C14H18BrNO2. The van der Waals surface area contributed by atoms with Crippen molar-refractivity contribution in [3.8, 4) is 5.75 Å². The van der Waals surface area contributed by atoms with Crippen LogP contribution in [0.3, 0.4) is 0 Å². The van der Waals surface area contributed by atoms with E-state index in [9.17, 15) is 4.79 Å². The van der Waals surface area contributed by atoms with Gasteiger partial charge in [-0.2, -0.15) is 0 Å². The number of ether oxygens (including phenoxy) is 1. The second-order valence-electron chi connectivity index (χ2n) is 4.67. The van der Waals surface area contributed by atoms with Gasteiger partial charge in [0.15, 0.2) is 0 Å². The topological polar surface area (TPSA) is 38.3 Å². The first-order valence-electron chi connectivity index (χ1n) is 6.35. The van der Waals surface area contributed by atoms with Crippen LogP contribution >= 0.6 is 15.9 Å². The first-order valence-corrected chi connectivity index (χ1v) is 7.14. The quantitative estimate of drug-likeness (QED) is 0.917. The van der Waals surface area contributed by atoms with Crippen LogP contribution in [0.2, 0.25) is 0 Å². The molecule has 0 bridgehead atoms. The molecule has 0 saturated heterocycles. The van der Waals surface area contributed by atoms with Gasteiger partial charge in [-0.05, 0) is 31.0 Å². The van der Waals surface area contributed by atoms with Gasteiger partial charge in [0, 0.05) is 10.4 Å². The summed E-state index contributed by atoms with van der Waals surface area (Å²) in [7, 11) is 1.61. The molecule has 2 rings (SSSR count). The summed E-state index contributed by atoms with van der Waals surface area (Å²) >= 11 is 3.40. The van der Waals surface area contributed by atoms with Crippen LogP contribution in [0.25, 0.3) is 0 Å². The summed E-state index contributed by atoms with van der Waals surface area (Å²) in [6, 6.07) is 5.62. The number of amides is 1. The van der Waals surface area contributed by atoms with Crippen molar-refractivity contribution in [2.45, 2.75) is 32.1 Å². The third kappa shape index (κ3) is 3.25. The van der Waals surface area contributed by atoms with Gasteiger partial charge in [0.1, 0.15) is 5.75 Å². The zero-order valence-corrected chi connectivity index (χ0v) is 12.1. The summed E-state index contributed by atoms with van der Waals surface area (Å²) in [5.41, 5.74) is 0.738. The molecule has 0 spiro atoms. The van der Waals surface area contributed by atoms with Crippen LogP contribution in [0.5, 0.6) is 5.75 Å². The Balaban J connectivity index is 2.07. The van der Waals surface area contributed by atoms with Gasteiger partial charge in [0.2, 0.25) is 5.91 Å². The molecule has 1 aromatic rings. The van der Waals surface area contributed by atoms with Crippen molar-refractivity contribution >= 4 is 27.5 Å². The van der Waals surface area contributed by atoms with Crippen LogP contribution in [0, 0.1) is 5.92 Å². The lowest BCUT2D eigenvalue weighted by molar-refractivity contribution is -0.120. The van der Waals surface area contributed by atoms with Crippen LogP contribution in [0.4, 0.5) is 5.69 Å². The molecule has 0 heterocycles. The molecule has 4 heteroatoms. The number of hydrogen-bond acceptors (Lipinski definition) is 2. The van der Waals surface area contributed by atoms with E-state index in [1.165, 1.54) is 6.42 Å². The maximum atomic E-state index is 12.2.